The molecule has 4 heteroatoms. The summed E-state index contributed by atoms with van der Waals surface area (Å²) in [6.45, 7) is 3.76. The molecule has 0 saturated heterocycles. The third-order valence-electron chi connectivity index (χ3n) is 3.33. The van der Waals surface area contributed by atoms with E-state index >= 15 is 0 Å². The monoisotopic (exact) mass is 305 g/mol. The molecule has 0 radical (unpaired) electrons. The summed E-state index contributed by atoms with van der Waals surface area (Å²) in [5.41, 5.74) is 3.11. The van der Waals surface area contributed by atoms with Gasteiger partial charge in [-0.1, -0.05) is 30.7 Å². The van der Waals surface area contributed by atoms with Crippen molar-refractivity contribution in [1.82, 2.24) is 5.32 Å². The zero-order chi connectivity index (χ0) is 15.2. The summed E-state index contributed by atoms with van der Waals surface area (Å²) in [6, 6.07) is 11.7. The summed E-state index contributed by atoms with van der Waals surface area (Å²) in [5, 5.41) is 4.04. The standard InChI is InChI=1S/C17H20ClNO2/c1-4-19-11-12-8-9-13(18)10-14(12)17-15(20-2)6-5-7-16(17)21-3/h5-10,19H,4,11H2,1-3H3. The molecule has 21 heavy (non-hydrogen) atoms. The van der Waals surface area contributed by atoms with Crippen LogP contribution in [0.25, 0.3) is 11.1 Å². The summed E-state index contributed by atoms with van der Waals surface area (Å²) < 4.78 is 11.0. The van der Waals surface area contributed by atoms with Gasteiger partial charge in [0.15, 0.2) is 0 Å². The Labute approximate surface area is 130 Å². The van der Waals surface area contributed by atoms with E-state index in [-0.39, 0.29) is 0 Å². The van der Waals surface area contributed by atoms with Crippen LogP contribution in [0.1, 0.15) is 12.5 Å². The number of methoxy groups -OCH3 is 2. The Kier molecular flexibility index (Phi) is 5.48. The average molecular weight is 306 g/mol. The van der Waals surface area contributed by atoms with Gasteiger partial charge in [0.05, 0.1) is 19.8 Å². The fraction of sp³-hybridized carbons (Fsp3) is 0.294. The highest BCUT2D eigenvalue weighted by Crippen LogP contribution is 2.40. The third-order valence-corrected chi connectivity index (χ3v) is 3.57. The molecule has 0 saturated carbocycles. The molecule has 0 spiro atoms. The Hall–Kier alpha value is -1.71. The van der Waals surface area contributed by atoms with Crippen LogP contribution in [-0.2, 0) is 6.54 Å². The van der Waals surface area contributed by atoms with E-state index in [0.29, 0.717) is 5.02 Å². The van der Waals surface area contributed by atoms with Gasteiger partial charge in [0.1, 0.15) is 11.5 Å². The minimum absolute atomic E-state index is 0.693. The lowest BCUT2D eigenvalue weighted by molar-refractivity contribution is 0.397. The van der Waals surface area contributed by atoms with Crippen molar-refractivity contribution in [3.63, 3.8) is 0 Å². The lowest BCUT2D eigenvalue weighted by atomic mass is 9.97. The van der Waals surface area contributed by atoms with Crippen molar-refractivity contribution >= 4 is 11.6 Å². The van der Waals surface area contributed by atoms with Gasteiger partial charge in [-0.3, -0.25) is 0 Å². The molecule has 0 unspecified atom stereocenters. The number of nitrogens with one attached hydrogen (secondary N) is 1. The van der Waals surface area contributed by atoms with Crippen molar-refractivity contribution in [3.05, 3.63) is 47.0 Å². The summed E-state index contributed by atoms with van der Waals surface area (Å²) in [4.78, 5) is 0. The summed E-state index contributed by atoms with van der Waals surface area (Å²) in [6.07, 6.45) is 0. The predicted molar refractivity (Wildman–Crippen MR) is 87.4 cm³/mol. The Bertz CT molecular complexity index is 591. The maximum absolute atomic E-state index is 6.19. The molecule has 0 aliphatic carbocycles. The van der Waals surface area contributed by atoms with Crippen LogP contribution < -0.4 is 14.8 Å². The molecule has 0 heterocycles. The van der Waals surface area contributed by atoms with E-state index < -0.39 is 0 Å². The fourth-order valence-corrected chi connectivity index (χ4v) is 2.48. The van der Waals surface area contributed by atoms with Crippen LogP contribution in [0, 0.1) is 0 Å². The minimum Gasteiger partial charge on any atom is -0.496 e. The SMILES string of the molecule is CCNCc1ccc(Cl)cc1-c1c(OC)cccc1OC. The van der Waals surface area contributed by atoms with Crippen molar-refractivity contribution in [1.29, 1.82) is 0 Å². The fourth-order valence-electron chi connectivity index (χ4n) is 2.31. The molecule has 0 aliphatic heterocycles. The number of ether oxygens (including phenoxy) is 2. The summed E-state index contributed by atoms with van der Waals surface area (Å²) >= 11 is 6.19. The van der Waals surface area contributed by atoms with Crippen LogP contribution in [0.15, 0.2) is 36.4 Å². The van der Waals surface area contributed by atoms with Crippen LogP contribution in [-0.4, -0.2) is 20.8 Å². The van der Waals surface area contributed by atoms with Gasteiger partial charge >= 0.3 is 0 Å². The Morgan fingerprint density at radius 2 is 1.71 bits per heavy atom. The first-order valence-electron chi connectivity index (χ1n) is 6.91. The summed E-state index contributed by atoms with van der Waals surface area (Å²) in [7, 11) is 3.32. The van der Waals surface area contributed by atoms with Gasteiger partial charge in [-0.05, 0) is 41.9 Å². The maximum atomic E-state index is 6.19. The number of halogens is 1. The molecule has 0 aliphatic rings. The van der Waals surface area contributed by atoms with Crippen LogP contribution in [0.2, 0.25) is 5.02 Å². The largest absolute Gasteiger partial charge is 0.496 e. The topological polar surface area (TPSA) is 30.5 Å². The second-order valence-electron chi connectivity index (χ2n) is 4.62. The molecule has 1 N–H and O–H groups in total. The van der Waals surface area contributed by atoms with E-state index in [1.54, 1.807) is 14.2 Å². The van der Waals surface area contributed by atoms with Crippen molar-refractivity contribution in [2.75, 3.05) is 20.8 Å². The van der Waals surface area contributed by atoms with E-state index in [2.05, 4.69) is 12.2 Å². The molecule has 2 rings (SSSR count). The van der Waals surface area contributed by atoms with Crippen molar-refractivity contribution < 1.29 is 9.47 Å². The zero-order valence-corrected chi connectivity index (χ0v) is 13.3. The number of rotatable bonds is 6. The average Bonchev–Trinajstić information content (AvgIpc) is 2.52. The molecular formula is C17H20ClNO2. The van der Waals surface area contributed by atoms with Crippen molar-refractivity contribution in [2.24, 2.45) is 0 Å². The molecule has 0 atom stereocenters. The summed E-state index contributed by atoms with van der Waals surface area (Å²) in [5.74, 6) is 1.55. The molecule has 0 fully saturated rings. The molecule has 0 amide bonds. The molecule has 0 aromatic heterocycles. The van der Waals surface area contributed by atoms with Gasteiger partial charge in [0.2, 0.25) is 0 Å². The normalized spacial score (nSPS) is 10.5. The maximum Gasteiger partial charge on any atom is 0.130 e. The second-order valence-corrected chi connectivity index (χ2v) is 5.06. The van der Waals surface area contributed by atoms with Gasteiger partial charge in [-0.2, -0.15) is 0 Å². The molecule has 2 aromatic rings. The van der Waals surface area contributed by atoms with E-state index in [1.165, 1.54) is 0 Å². The minimum atomic E-state index is 0.693. The molecular weight excluding hydrogens is 286 g/mol. The van der Waals surface area contributed by atoms with Gasteiger partial charge in [0.25, 0.3) is 0 Å². The predicted octanol–water partition coefficient (Wildman–Crippen LogP) is 4.13. The first-order valence-corrected chi connectivity index (χ1v) is 7.29. The van der Waals surface area contributed by atoms with Gasteiger partial charge in [-0.15, -0.1) is 0 Å². The third kappa shape index (κ3) is 3.49. The number of benzene rings is 2. The first-order chi connectivity index (χ1) is 10.2. The lowest BCUT2D eigenvalue weighted by Crippen LogP contribution is -2.12. The Balaban J connectivity index is 2.62. The molecule has 0 bridgehead atoms. The first kappa shape index (κ1) is 15.7. The molecule has 3 nitrogen and oxygen atoms in total. The van der Waals surface area contributed by atoms with E-state index in [9.17, 15) is 0 Å². The highest BCUT2D eigenvalue weighted by atomic mass is 35.5. The van der Waals surface area contributed by atoms with E-state index in [0.717, 1.165) is 41.3 Å². The molecule has 112 valence electrons. The smallest absolute Gasteiger partial charge is 0.130 e. The second kappa shape index (κ2) is 7.34. The Morgan fingerprint density at radius 1 is 1.05 bits per heavy atom. The van der Waals surface area contributed by atoms with Crippen LogP contribution in [0.5, 0.6) is 11.5 Å². The highest BCUT2D eigenvalue weighted by Gasteiger charge is 2.16. The number of hydrogen-bond acceptors (Lipinski definition) is 3. The number of hydrogen-bond donors (Lipinski definition) is 1. The highest BCUT2D eigenvalue weighted by molar-refractivity contribution is 6.31. The van der Waals surface area contributed by atoms with E-state index in [4.69, 9.17) is 21.1 Å². The van der Waals surface area contributed by atoms with Crippen LogP contribution >= 0.6 is 11.6 Å². The zero-order valence-electron chi connectivity index (χ0n) is 12.6. The van der Waals surface area contributed by atoms with Crippen molar-refractivity contribution in [3.8, 4) is 22.6 Å². The Morgan fingerprint density at radius 3 is 2.29 bits per heavy atom. The van der Waals surface area contributed by atoms with Gasteiger partial charge in [-0.25, -0.2) is 0 Å². The van der Waals surface area contributed by atoms with Crippen molar-refractivity contribution in [2.45, 2.75) is 13.5 Å². The van der Waals surface area contributed by atoms with Crippen LogP contribution in [0.3, 0.4) is 0 Å². The lowest BCUT2D eigenvalue weighted by Gasteiger charge is -2.17. The van der Waals surface area contributed by atoms with Gasteiger partial charge in [0, 0.05) is 11.6 Å². The van der Waals surface area contributed by atoms with Gasteiger partial charge < -0.3 is 14.8 Å². The quantitative estimate of drug-likeness (QED) is 0.870. The van der Waals surface area contributed by atoms with E-state index in [1.807, 2.05) is 36.4 Å². The van der Waals surface area contributed by atoms with Crippen LogP contribution in [0.4, 0.5) is 0 Å². The molecule has 2 aromatic carbocycles.